The Morgan fingerprint density at radius 1 is 1.44 bits per heavy atom. The SMILES string of the molecule is CCn1c2o[nH]c(=O)c2c(=O)c2cc(F)c(C3CCC(N)C3)c(Cl)c21. The second kappa shape index (κ2) is 5.71. The van der Waals surface area contributed by atoms with Gasteiger partial charge in [0.05, 0.1) is 15.9 Å². The van der Waals surface area contributed by atoms with Crippen LogP contribution in [-0.4, -0.2) is 15.8 Å². The molecule has 3 aromatic rings. The summed E-state index contributed by atoms with van der Waals surface area (Å²) in [5.74, 6) is -0.614. The lowest BCUT2D eigenvalue weighted by molar-refractivity contribution is 0.430. The highest BCUT2D eigenvalue weighted by atomic mass is 35.5. The Bertz CT molecular complexity index is 1110. The first kappa shape index (κ1) is 16.4. The van der Waals surface area contributed by atoms with Crippen LogP contribution in [-0.2, 0) is 6.54 Å². The van der Waals surface area contributed by atoms with E-state index in [9.17, 15) is 14.0 Å². The van der Waals surface area contributed by atoms with Gasteiger partial charge < -0.3 is 14.8 Å². The second-order valence-electron chi connectivity index (χ2n) is 6.54. The molecule has 0 spiro atoms. The first-order valence-corrected chi connectivity index (χ1v) is 8.63. The third kappa shape index (κ3) is 2.26. The van der Waals surface area contributed by atoms with Crippen molar-refractivity contribution in [2.45, 2.75) is 44.7 Å². The minimum Gasteiger partial charge on any atom is -0.360 e. The Kier molecular flexibility index (Phi) is 3.73. The molecule has 2 unspecified atom stereocenters. The number of H-pyrrole nitrogens is 1. The molecular weight excluding hydrogens is 349 g/mol. The first-order chi connectivity index (χ1) is 11.9. The number of rotatable bonds is 2. The van der Waals surface area contributed by atoms with Gasteiger partial charge in [0.1, 0.15) is 5.82 Å². The highest BCUT2D eigenvalue weighted by molar-refractivity contribution is 6.36. The van der Waals surface area contributed by atoms with Crippen LogP contribution in [0.2, 0.25) is 5.02 Å². The molecule has 2 atom stereocenters. The Hall–Kier alpha value is -2.12. The lowest BCUT2D eigenvalue weighted by Crippen LogP contribution is -2.17. The molecule has 0 aliphatic heterocycles. The summed E-state index contributed by atoms with van der Waals surface area (Å²) < 4.78 is 21.6. The molecule has 25 heavy (non-hydrogen) atoms. The largest absolute Gasteiger partial charge is 0.360 e. The quantitative estimate of drug-likeness (QED) is 0.730. The monoisotopic (exact) mass is 365 g/mol. The van der Waals surface area contributed by atoms with Crippen LogP contribution in [0.1, 0.15) is 37.7 Å². The highest BCUT2D eigenvalue weighted by Gasteiger charge is 2.30. The van der Waals surface area contributed by atoms with Gasteiger partial charge in [0.25, 0.3) is 5.56 Å². The van der Waals surface area contributed by atoms with Crippen LogP contribution in [0.4, 0.5) is 4.39 Å². The van der Waals surface area contributed by atoms with Gasteiger partial charge in [-0.15, -0.1) is 0 Å². The number of hydrogen-bond acceptors (Lipinski definition) is 4. The predicted molar refractivity (Wildman–Crippen MR) is 93.8 cm³/mol. The van der Waals surface area contributed by atoms with Gasteiger partial charge in [-0.3, -0.25) is 9.59 Å². The normalized spacial score (nSPS) is 20.8. The van der Waals surface area contributed by atoms with Crippen LogP contribution in [0.5, 0.6) is 0 Å². The van der Waals surface area contributed by atoms with Gasteiger partial charge in [0.2, 0.25) is 11.1 Å². The van der Waals surface area contributed by atoms with Crippen LogP contribution in [0.15, 0.2) is 20.2 Å². The van der Waals surface area contributed by atoms with E-state index in [4.69, 9.17) is 21.9 Å². The van der Waals surface area contributed by atoms with E-state index < -0.39 is 16.8 Å². The number of fused-ring (bicyclic) bond motifs is 2. The van der Waals surface area contributed by atoms with Crippen molar-refractivity contribution >= 4 is 33.6 Å². The predicted octanol–water partition coefficient (Wildman–Crippen LogP) is 2.84. The third-order valence-corrected chi connectivity index (χ3v) is 5.48. The molecule has 2 heterocycles. The summed E-state index contributed by atoms with van der Waals surface area (Å²) in [4.78, 5) is 24.6. The van der Waals surface area contributed by atoms with E-state index in [0.717, 1.165) is 12.8 Å². The molecule has 0 bridgehead atoms. The molecule has 132 valence electrons. The lowest BCUT2D eigenvalue weighted by atomic mass is 9.95. The minimum atomic E-state index is -0.633. The maximum Gasteiger partial charge on any atom is 0.293 e. The van der Waals surface area contributed by atoms with E-state index in [1.807, 2.05) is 6.92 Å². The van der Waals surface area contributed by atoms with Gasteiger partial charge in [-0.2, -0.15) is 5.16 Å². The van der Waals surface area contributed by atoms with Crippen molar-refractivity contribution in [3.8, 4) is 0 Å². The van der Waals surface area contributed by atoms with Crippen molar-refractivity contribution in [2.75, 3.05) is 0 Å². The molecule has 0 amide bonds. The summed E-state index contributed by atoms with van der Waals surface area (Å²) in [6.45, 7) is 2.24. The summed E-state index contributed by atoms with van der Waals surface area (Å²) in [6.07, 6.45) is 2.21. The van der Waals surface area contributed by atoms with Crippen LogP contribution in [0.3, 0.4) is 0 Å². The Morgan fingerprint density at radius 3 is 2.84 bits per heavy atom. The molecule has 1 saturated carbocycles. The molecule has 1 aromatic carbocycles. The maximum atomic E-state index is 14.8. The number of nitrogens with zero attached hydrogens (tertiary/aromatic N) is 1. The van der Waals surface area contributed by atoms with E-state index in [1.54, 1.807) is 4.57 Å². The zero-order valence-corrected chi connectivity index (χ0v) is 14.3. The van der Waals surface area contributed by atoms with Gasteiger partial charge in [0.15, 0.2) is 5.39 Å². The molecule has 6 nitrogen and oxygen atoms in total. The average molecular weight is 366 g/mol. The highest BCUT2D eigenvalue weighted by Crippen LogP contribution is 2.41. The second-order valence-corrected chi connectivity index (χ2v) is 6.92. The standard InChI is InChI=1S/C17H17ClFN3O3/c1-2-22-14-9(15(23)12-16(24)21-25-17(12)22)6-10(19)11(13(14)18)7-3-4-8(20)5-7/h6-8H,2-5,20H2,1H3,(H,21,24). The van der Waals surface area contributed by atoms with Crippen LogP contribution in [0.25, 0.3) is 22.0 Å². The summed E-state index contributed by atoms with van der Waals surface area (Å²) >= 11 is 6.57. The molecule has 1 aliphatic carbocycles. The van der Waals surface area contributed by atoms with Gasteiger partial charge in [0, 0.05) is 18.2 Å². The number of pyridine rings is 1. The number of nitrogens with two attached hydrogens (primary N) is 1. The maximum absolute atomic E-state index is 14.8. The molecule has 1 aliphatic rings. The number of hydrogen-bond donors (Lipinski definition) is 2. The third-order valence-electron chi connectivity index (χ3n) is 5.09. The molecule has 8 heteroatoms. The van der Waals surface area contributed by atoms with Crippen molar-refractivity contribution in [1.82, 2.24) is 9.72 Å². The van der Waals surface area contributed by atoms with Gasteiger partial charge in [-0.05, 0) is 38.2 Å². The van der Waals surface area contributed by atoms with E-state index in [1.165, 1.54) is 6.07 Å². The van der Waals surface area contributed by atoms with Gasteiger partial charge >= 0.3 is 0 Å². The number of nitrogens with one attached hydrogen (secondary N) is 1. The Morgan fingerprint density at radius 2 is 2.20 bits per heavy atom. The van der Waals surface area contributed by atoms with Crippen LogP contribution in [0, 0.1) is 5.82 Å². The number of aryl methyl sites for hydroxylation is 1. The fraction of sp³-hybridized carbons (Fsp3) is 0.412. The number of benzene rings is 1. The van der Waals surface area contributed by atoms with E-state index in [2.05, 4.69) is 5.16 Å². The van der Waals surface area contributed by atoms with Crippen molar-refractivity contribution in [2.24, 2.45) is 5.73 Å². The topological polar surface area (TPSA) is 94.0 Å². The molecule has 3 N–H and O–H groups in total. The molecule has 1 fully saturated rings. The molecule has 4 rings (SSSR count). The zero-order valence-electron chi connectivity index (χ0n) is 13.6. The van der Waals surface area contributed by atoms with Crippen molar-refractivity contribution in [3.05, 3.63) is 43.0 Å². The van der Waals surface area contributed by atoms with Crippen molar-refractivity contribution < 1.29 is 8.91 Å². The Labute approximate surface area is 146 Å². The molecule has 0 radical (unpaired) electrons. The number of halogens is 2. The molecule has 0 saturated heterocycles. The first-order valence-electron chi connectivity index (χ1n) is 8.25. The summed E-state index contributed by atoms with van der Waals surface area (Å²) in [5.41, 5.74) is 5.64. The van der Waals surface area contributed by atoms with Crippen LogP contribution < -0.4 is 16.7 Å². The molecular formula is C17H17ClFN3O3. The minimum absolute atomic E-state index is 0.0229. The van der Waals surface area contributed by atoms with E-state index in [-0.39, 0.29) is 33.5 Å². The summed E-state index contributed by atoms with van der Waals surface area (Å²) in [6, 6.07) is 1.20. The van der Waals surface area contributed by atoms with Crippen molar-refractivity contribution in [1.29, 1.82) is 0 Å². The fourth-order valence-corrected chi connectivity index (χ4v) is 4.38. The zero-order chi connectivity index (χ0) is 17.9. The Balaban J connectivity index is 2.15. The van der Waals surface area contributed by atoms with E-state index >= 15 is 0 Å². The van der Waals surface area contributed by atoms with E-state index in [0.29, 0.717) is 24.0 Å². The lowest BCUT2D eigenvalue weighted by Gasteiger charge is -2.18. The fourth-order valence-electron chi connectivity index (χ4n) is 3.94. The van der Waals surface area contributed by atoms with Crippen molar-refractivity contribution in [3.63, 3.8) is 0 Å². The number of aromatic amines is 1. The summed E-state index contributed by atoms with van der Waals surface area (Å²) in [5, 5.41) is 2.32. The smallest absolute Gasteiger partial charge is 0.293 e. The van der Waals surface area contributed by atoms with Crippen LogP contribution >= 0.6 is 11.6 Å². The average Bonchev–Trinajstić information content (AvgIpc) is 3.15. The molecule has 2 aromatic heterocycles. The van der Waals surface area contributed by atoms with Gasteiger partial charge in [-0.25, -0.2) is 4.39 Å². The van der Waals surface area contributed by atoms with Gasteiger partial charge in [-0.1, -0.05) is 11.6 Å². The number of aromatic nitrogens is 2. The summed E-state index contributed by atoms with van der Waals surface area (Å²) in [7, 11) is 0.